The van der Waals surface area contributed by atoms with Gasteiger partial charge in [-0.2, -0.15) is 0 Å². The van der Waals surface area contributed by atoms with Crippen molar-refractivity contribution in [2.45, 2.75) is 25.5 Å². The highest BCUT2D eigenvalue weighted by atomic mass is 32.2. The molecule has 0 saturated heterocycles. The average Bonchev–Trinajstić information content (AvgIpc) is 2.80. The van der Waals surface area contributed by atoms with E-state index in [1.807, 2.05) is 19.9 Å². The molecule has 0 spiro atoms. The van der Waals surface area contributed by atoms with Crippen LogP contribution in [0.5, 0.6) is 0 Å². The Labute approximate surface area is 125 Å². The van der Waals surface area contributed by atoms with Crippen molar-refractivity contribution in [3.05, 3.63) is 34.2 Å². The number of aryl methyl sites for hydroxylation is 1. The second kappa shape index (κ2) is 6.49. The summed E-state index contributed by atoms with van der Waals surface area (Å²) in [6, 6.07) is 5.44. The minimum Gasteiger partial charge on any atom is -0.397 e. The number of hydrogen-bond acceptors (Lipinski definition) is 5. The molecule has 1 aromatic heterocycles. The number of nitrogen functional groups attached to an aromatic ring is 1. The number of nitrogens with zero attached hydrogens (tertiary/aromatic N) is 2. The van der Waals surface area contributed by atoms with Crippen molar-refractivity contribution in [1.82, 2.24) is 14.8 Å². The second-order valence-electron chi connectivity index (χ2n) is 4.48. The number of anilines is 2. The van der Waals surface area contributed by atoms with Crippen LogP contribution >= 0.6 is 11.8 Å². The summed E-state index contributed by atoms with van der Waals surface area (Å²) in [4.78, 5) is 23.3. The minimum atomic E-state index is -0.275. The lowest BCUT2D eigenvalue weighted by Crippen LogP contribution is -2.18. The van der Waals surface area contributed by atoms with E-state index in [1.165, 1.54) is 16.3 Å². The summed E-state index contributed by atoms with van der Waals surface area (Å²) < 4.78 is 1.47. The number of thioether (sulfide) groups is 1. The molecule has 1 amide bonds. The lowest BCUT2D eigenvalue weighted by atomic mass is 10.2. The van der Waals surface area contributed by atoms with Crippen LogP contribution in [0.2, 0.25) is 0 Å². The van der Waals surface area contributed by atoms with Crippen molar-refractivity contribution in [2.24, 2.45) is 0 Å². The van der Waals surface area contributed by atoms with Gasteiger partial charge in [0.2, 0.25) is 5.91 Å². The molecule has 112 valence electrons. The first-order chi connectivity index (χ1) is 10.0. The largest absolute Gasteiger partial charge is 0.397 e. The summed E-state index contributed by atoms with van der Waals surface area (Å²) in [6.45, 7) is 4.28. The number of hydrogen-bond donors (Lipinski definition) is 3. The van der Waals surface area contributed by atoms with Gasteiger partial charge in [-0.15, -0.1) is 5.10 Å². The molecular formula is C13H17N5O2S. The highest BCUT2D eigenvalue weighted by molar-refractivity contribution is 7.99. The van der Waals surface area contributed by atoms with Gasteiger partial charge in [0.15, 0.2) is 5.16 Å². The summed E-state index contributed by atoms with van der Waals surface area (Å²) in [5.41, 5.74) is 7.71. The molecule has 2 rings (SSSR count). The zero-order valence-electron chi connectivity index (χ0n) is 11.8. The summed E-state index contributed by atoms with van der Waals surface area (Å²) in [5, 5.41) is 9.48. The minimum absolute atomic E-state index is 0.150. The van der Waals surface area contributed by atoms with E-state index in [0.717, 1.165) is 5.56 Å². The number of H-pyrrole nitrogens is 1. The Balaban J connectivity index is 1.97. The molecule has 0 fully saturated rings. The monoisotopic (exact) mass is 307 g/mol. The Hall–Kier alpha value is -2.22. The van der Waals surface area contributed by atoms with Crippen LogP contribution in [0.1, 0.15) is 12.5 Å². The quantitative estimate of drug-likeness (QED) is 0.569. The SMILES string of the molecule is CCn1c(SCC(=O)Nc2ccc(C)cc2N)n[nH]c1=O. The number of aromatic amines is 1. The standard InChI is InChI=1S/C13H17N5O2S/c1-3-18-12(20)16-17-13(18)21-7-11(19)15-10-5-4-8(2)6-9(10)14/h4-6H,3,7,14H2,1-2H3,(H,15,19)(H,16,20). The molecule has 0 bridgehead atoms. The van der Waals surface area contributed by atoms with E-state index in [-0.39, 0.29) is 17.3 Å². The first kappa shape index (κ1) is 15.2. The summed E-state index contributed by atoms with van der Waals surface area (Å²) in [7, 11) is 0. The third-order valence-corrected chi connectivity index (χ3v) is 3.83. The molecule has 0 unspecified atom stereocenters. The number of aromatic nitrogens is 3. The zero-order valence-corrected chi connectivity index (χ0v) is 12.7. The first-order valence-corrected chi connectivity index (χ1v) is 7.43. The number of carbonyl (C=O) groups excluding carboxylic acids is 1. The van der Waals surface area contributed by atoms with E-state index in [2.05, 4.69) is 15.5 Å². The molecule has 1 heterocycles. The van der Waals surface area contributed by atoms with Gasteiger partial charge < -0.3 is 11.1 Å². The van der Waals surface area contributed by atoms with E-state index >= 15 is 0 Å². The summed E-state index contributed by atoms with van der Waals surface area (Å²) in [5.74, 6) is -0.0499. The smallest absolute Gasteiger partial charge is 0.343 e. The fraction of sp³-hybridized carbons (Fsp3) is 0.308. The molecule has 0 radical (unpaired) electrons. The molecule has 0 aliphatic rings. The van der Waals surface area contributed by atoms with Gasteiger partial charge in [0.05, 0.1) is 17.1 Å². The van der Waals surface area contributed by atoms with Crippen LogP contribution in [-0.4, -0.2) is 26.4 Å². The first-order valence-electron chi connectivity index (χ1n) is 6.45. The van der Waals surface area contributed by atoms with Crippen LogP contribution in [0.3, 0.4) is 0 Å². The third-order valence-electron chi connectivity index (χ3n) is 2.85. The number of rotatable bonds is 5. The number of benzene rings is 1. The second-order valence-corrected chi connectivity index (χ2v) is 5.43. The van der Waals surface area contributed by atoms with Gasteiger partial charge in [-0.25, -0.2) is 9.89 Å². The predicted molar refractivity (Wildman–Crippen MR) is 83.5 cm³/mol. The van der Waals surface area contributed by atoms with Crippen molar-refractivity contribution < 1.29 is 4.79 Å². The van der Waals surface area contributed by atoms with Gasteiger partial charge in [-0.1, -0.05) is 17.8 Å². The Bertz CT molecular complexity index is 707. The number of amides is 1. The Morgan fingerprint density at radius 1 is 1.52 bits per heavy atom. The van der Waals surface area contributed by atoms with Crippen LogP contribution < -0.4 is 16.7 Å². The highest BCUT2D eigenvalue weighted by Gasteiger charge is 2.11. The van der Waals surface area contributed by atoms with Gasteiger partial charge in [0.1, 0.15) is 0 Å². The van der Waals surface area contributed by atoms with E-state index in [4.69, 9.17) is 5.73 Å². The van der Waals surface area contributed by atoms with Crippen LogP contribution in [0.25, 0.3) is 0 Å². The molecule has 2 aromatic rings. The van der Waals surface area contributed by atoms with Crippen molar-refractivity contribution >= 4 is 29.0 Å². The van der Waals surface area contributed by atoms with Gasteiger partial charge in [-0.05, 0) is 31.5 Å². The van der Waals surface area contributed by atoms with Gasteiger partial charge in [-0.3, -0.25) is 9.36 Å². The number of carbonyl (C=O) groups is 1. The van der Waals surface area contributed by atoms with Crippen LogP contribution in [0.4, 0.5) is 11.4 Å². The normalized spacial score (nSPS) is 10.6. The Morgan fingerprint density at radius 3 is 2.95 bits per heavy atom. The molecule has 8 heteroatoms. The van der Waals surface area contributed by atoms with Crippen molar-refractivity contribution in [3.8, 4) is 0 Å². The van der Waals surface area contributed by atoms with Gasteiger partial charge in [0.25, 0.3) is 0 Å². The van der Waals surface area contributed by atoms with E-state index in [0.29, 0.717) is 23.1 Å². The maximum Gasteiger partial charge on any atom is 0.343 e. The lowest BCUT2D eigenvalue weighted by Gasteiger charge is -2.08. The average molecular weight is 307 g/mol. The number of nitrogens with one attached hydrogen (secondary N) is 2. The highest BCUT2D eigenvalue weighted by Crippen LogP contribution is 2.20. The molecule has 4 N–H and O–H groups in total. The fourth-order valence-electron chi connectivity index (χ4n) is 1.80. The number of nitrogens with two attached hydrogens (primary N) is 1. The lowest BCUT2D eigenvalue weighted by molar-refractivity contribution is -0.113. The van der Waals surface area contributed by atoms with E-state index in [9.17, 15) is 9.59 Å². The van der Waals surface area contributed by atoms with Gasteiger partial charge in [0, 0.05) is 6.54 Å². The topological polar surface area (TPSA) is 106 Å². The van der Waals surface area contributed by atoms with Crippen molar-refractivity contribution in [3.63, 3.8) is 0 Å². The molecule has 0 saturated carbocycles. The third kappa shape index (κ3) is 3.66. The molecule has 21 heavy (non-hydrogen) atoms. The molecule has 1 aromatic carbocycles. The van der Waals surface area contributed by atoms with E-state index < -0.39 is 0 Å². The van der Waals surface area contributed by atoms with Gasteiger partial charge >= 0.3 is 5.69 Å². The molecule has 7 nitrogen and oxygen atoms in total. The summed E-state index contributed by atoms with van der Waals surface area (Å²) in [6.07, 6.45) is 0. The zero-order chi connectivity index (χ0) is 15.4. The molecular weight excluding hydrogens is 290 g/mol. The predicted octanol–water partition coefficient (Wildman–Crippen LogP) is 1.21. The van der Waals surface area contributed by atoms with Crippen molar-refractivity contribution in [1.29, 1.82) is 0 Å². The van der Waals surface area contributed by atoms with Crippen LogP contribution in [0.15, 0.2) is 28.2 Å². The van der Waals surface area contributed by atoms with Crippen LogP contribution in [-0.2, 0) is 11.3 Å². The van der Waals surface area contributed by atoms with Crippen LogP contribution in [0, 0.1) is 6.92 Å². The van der Waals surface area contributed by atoms with Crippen molar-refractivity contribution in [2.75, 3.05) is 16.8 Å². The van der Waals surface area contributed by atoms with E-state index in [1.54, 1.807) is 12.1 Å². The Morgan fingerprint density at radius 2 is 2.29 bits per heavy atom. The fourth-order valence-corrected chi connectivity index (χ4v) is 2.62. The molecule has 0 aliphatic heterocycles. The molecule has 0 atom stereocenters. The summed E-state index contributed by atoms with van der Waals surface area (Å²) >= 11 is 1.20. The maximum atomic E-state index is 11.9. The Kier molecular flexibility index (Phi) is 4.69. The maximum absolute atomic E-state index is 11.9. The molecule has 0 aliphatic carbocycles.